The molecule has 0 bridgehead atoms. The minimum atomic E-state index is 0.260. The maximum atomic E-state index is 5.98. The fourth-order valence-corrected chi connectivity index (χ4v) is 1.46. The van der Waals surface area contributed by atoms with Crippen molar-refractivity contribution in [2.24, 2.45) is 5.73 Å². The third kappa shape index (κ3) is 3.75. The zero-order valence-electron chi connectivity index (χ0n) is 8.87. The first kappa shape index (κ1) is 11.0. The summed E-state index contributed by atoms with van der Waals surface area (Å²) in [5.41, 5.74) is 8.61. The van der Waals surface area contributed by atoms with Gasteiger partial charge in [-0.3, -0.25) is 0 Å². The molecule has 1 atom stereocenters. The number of nitrogens with two attached hydrogens (primary N) is 1. The van der Waals surface area contributed by atoms with Crippen LogP contribution < -0.4 is 5.73 Å². The lowest BCUT2D eigenvalue weighted by Crippen LogP contribution is -2.22. The number of aryl methyl sites for hydroxylation is 1. The molecular weight excluding hydrogens is 170 g/mol. The van der Waals surface area contributed by atoms with E-state index in [1.807, 2.05) is 6.08 Å². The van der Waals surface area contributed by atoms with E-state index < -0.39 is 0 Å². The van der Waals surface area contributed by atoms with Crippen LogP contribution in [0.2, 0.25) is 0 Å². The summed E-state index contributed by atoms with van der Waals surface area (Å²) in [7, 11) is 0. The summed E-state index contributed by atoms with van der Waals surface area (Å²) < 4.78 is 0. The fraction of sp³-hybridized carbons (Fsp3) is 0.385. The van der Waals surface area contributed by atoms with E-state index in [2.05, 4.69) is 37.8 Å². The maximum absolute atomic E-state index is 5.98. The number of hydrogen-bond acceptors (Lipinski definition) is 1. The predicted molar refractivity (Wildman–Crippen MR) is 62.3 cm³/mol. The molecule has 0 fully saturated rings. The van der Waals surface area contributed by atoms with Crippen LogP contribution in [0.5, 0.6) is 0 Å². The maximum Gasteiger partial charge on any atom is 0.00822 e. The summed E-state index contributed by atoms with van der Waals surface area (Å²) in [5.74, 6) is 0. The summed E-state index contributed by atoms with van der Waals surface area (Å²) in [6.45, 7) is 5.79. The van der Waals surface area contributed by atoms with Gasteiger partial charge in [-0.05, 0) is 31.7 Å². The molecule has 1 heteroatoms. The molecule has 76 valence electrons. The molecule has 1 aromatic rings. The fourth-order valence-electron chi connectivity index (χ4n) is 1.46. The van der Waals surface area contributed by atoms with E-state index in [-0.39, 0.29) is 6.04 Å². The van der Waals surface area contributed by atoms with Crippen LogP contribution in [0, 0.1) is 6.92 Å². The topological polar surface area (TPSA) is 26.0 Å². The van der Waals surface area contributed by atoms with Crippen LogP contribution >= 0.6 is 0 Å². The number of hydrogen-bond donors (Lipinski definition) is 1. The van der Waals surface area contributed by atoms with Crippen LogP contribution in [0.25, 0.3) is 0 Å². The van der Waals surface area contributed by atoms with E-state index in [1.165, 1.54) is 11.1 Å². The minimum absolute atomic E-state index is 0.260. The summed E-state index contributed by atoms with van der Waals surface area (Å²) in [6, 6.07) is 8.84. The van der Waals surface area contributed by atoms with Gasteiger partial charge in [-0.1, -0.05) is 35.9 Å². The molecule has 0 spiro atoms. The molecule has 1 rings (SSSR count). The van der Waals surface area contributed by atoms with Crippen molar-refractivity contribution < 1.29 is 0 Å². The Morgan fingerprint density at radius 1 is 1.36 bits per heavy atom. The molecule has 0 heterocycles. The van der Waals surface area contributed by atoms with Gasteiger partial charge in [0.1, 0.15) is 0 Å². The van der Waals surface area contributed by atoms with E-state index in [9.17, 15) is 0 Å². The Kier molecular flexibility index (Phi) is 4.41. The van der Waals surface area contributed by atoms with Crippen molar-refractivity contribution in [3.05, 3.63) is 48.0 Å². The quantitative estimate of drug-likeness (QED) is 0.708. The first-order valence-electron chi connectivity index (χ1n) is 5.14. The van der Waals surface area contributed by atoms with Crippen molar-refractivity contribution in [1.29, 1.82) is 0 Å². The Labute approximate surface area is 86.6 Å². The molecule has 1 nitrogen and oxygen atoms in total. The normalized spacial score (nSPS) is 12.4. The molecule has 0 radical (unpaired) electrons. The largest absolute Gasteiger partial charge is 0.327 e. The number of rotatable bonds is 5. The second-order valence-electron chi connectivity index (χ2n) is 3.82. The Bertz CT molecular complexity index is 274. The van der Waals surface area contributed by atoms with Gasteiger partial charge in [-0.2, -0.15) is 0 Å². The van der Waals surface area contributed by atoms with Crippen LogP contribution in [0.4, 0.5) is 0 Å². The number of benzene rings is 1. The molecule has 1 unspecified atom stereocenters. The second-order valence-corrected chi connectivity index (χ2v) is 3.82. The average molecular weight is 189 g/mol. The van der Waals surface area contributed by atoms with Gasteiger partial charge >= 0.3 is 0 Å². The average Bonchev–Trinajstić information content (AvgIpc) is 2.18. The van der Waals surface area contributed by atoms with Crippen LogP contribution in [0.3, 0.4) is 0 Å². The molecule has 0 aliphatic rings. The molecule has 0 saturated heterocycles. The van der Waals surface area contributed by atoms with Gasteiger partial charge in [-0.15, -0.1) is 6.58 Å². The van der Waals surface area contributed by atoms with Crippen LogP contribution in [0.1, 0.15) is 24.0 Å². The smallest absolute Gasteiger partial charge is 0.00822 e. The van der Waals surface area contributed by atoms with Gasteiger partial charge < -0.3 is 5.73 Å². The first-order valence-corrected chi connectivity index (χ1v) is 5.14. The molecule has 0 amide bonds. The van der Waals surface area contributed by atoms with Crippen LogP contribution in [-0.2, 0) is 6.42 Å². The van der Waals surface area contributed by atoms with Gasteiger partial charge in [0, 0.05) is 6.04 Å². The third-order valence-electron chi connectivity index (χ3n) is 2.36. The predicted octanol–water partition coefficient (Wildman–Crippen LogP) is 2.83. The highest BCUT2D eigenvalue weighted by Gasteiger charge is 2.02. The molecule has 1 aromatic carbocycles. The molecule has 0 aromatic heterocycles. The van der Waals surface area contributed by atoms with Crippen molar-refractivity contribution >= 4 is 0 Å². The highest BCUT2D eigenvalue weighted by Crippen LogP contribution is 2.07. The Morgan fingerprint density at radius 2 is 2.00 bits per heavy atom. The van der Waals surface area contributed by atoms with E-state index >= 15 is 0 Å². The first-order chi connectivity index (χ1) is 6.72. The molecule has 0 aliphatic carbocycles. The lowest BCUT2D eigenvalue weighted by molar-refractivity contribution is 0.618. The monoisotopic (exact) mass is 189 g/mol. The third-order valence-corrected chi connectivity index (χ3v) is 2.36. The second kappa shape index (κ2) is 5.61. The zero-order valence-corrected chi connectivity index (χ0v) is 8.87. The van der Waals surface area contributed by atoms with E-state index in [4.69, 9.17) is 5.73 Å². The highest BCUT2D eigenvalue weighted by atomic mass is 14.6. The standard InChI is InChI=1S/C13H19N/c1-3-4-5-13(14)10-12-8-6-11(2)7-9-12/h3,6-9,13H,1,4-5,10,14H2,2H3. The molecular formula is C13H19N. The van der Waals surface area contributed by atoms with Gasteiger partial charge in [0.15, 0.2) is 0 Å². The van der Waals surface area contributed by atoms with Crippen LogP contribution in [0.15, 0.2) is 36.9 Å². The summed E-state index contributed by atoms with van der Waals surface area (Å²) in [4.78, 5) is 0. The van der Waals surface area contributed by atoms with E-state index in [1.54, 1.807) is 0 Å². The van der Waals surface area contributed by atoms with Crippen LogP contribution in [-0.4, -0.2) is 6.04 Å². The van der Waals surface area contributed by atoms with Gasteiger partial charge in [-0.25, -0.2) is 0 Å². The lowest BCUT2D eigenvalue weighted by Gasteiger charge is -2.10. The highest BCUT2D eigenvalue weighted by molar-refractivity contribution is 5.21. The molecule has 0 saturated carbocycles. The lowest BCUT2D eigenvalue weighted by atomic mass is 10.0. The van der Waals surface area contributed by atoms with Crippen molar-refractivity contribution in [3.8, 4) is 0 Å². The Balaban J connectivity index is 2.43. The summed E-state index contributed by atoms with van der Waals surface area (Å²) >= 11 is 0. The summed E-state index contributed by atoms with van der Waals surface area (Å²) in [5, 5.41) is 0. The van der Waals surface area contributed by atoms with E-state index in [0.717, 1.165) is 19.3 Å². The van der Waals surface area contributed by atoms with Crippen molar-refractivity contribution in [1.82, 2.24) is 0 Å². The molecule has 0 aliphatic heterocycles. The SMILES string of the molecule is C=CCCC(N)Cc1ccc(C)cc1. The number of allylic oxidation sites excluding steroid dienone is 1. The Hall–Kier alpha value is -1.08. The Morgan fingerprint density at radius 3 is 2.57 bits per heavy atom. The van der Waals surface area contributed by atoms with Gasteiger partial charge in [0.25, 0.3) is 0 Å². The minimum Gasteiger partial charge on any atom is -0.327 e. The molecule has 14 heavy (non-hydrogen) atoms. The summed E-state index contributed by atoms with van der Waals surface area (Å²) in [6.07, 6.45) is 4.92. The van der Waals surface area contributed by atoms with Gasteiger partial charge in [0.05, 0.1) is 0 Å². The van der Waals surface area contributed by atoms with Crippen molar-refractivity contribution in [2.45, 2.75) is 32.2 Å². The van der Waals surface area contributed by atoms with Crippen molar-refractivity contribution in [2.75, 3.05) is 0 Å². The van der Waals surface area contributed by atoms with E-state index in [0.29, 0.717) is 0 Å². The van der Waals surface area contributed by atoms with Crippen molar-refractivity contribution in [3.63, 3.8) is 0 Å². The zero-order chi connectivity index (χ0) is 10.4. The van der Waals surface area contributed by atoms with Gasteiger partial charge in [0.2, 0.25) is 0 Å². The molecule has 2 N–H and O–H groups in total.